The Bertz CT molecular complexity index is 2300. The smallest absolute Gasteiger partial charge is 0.407 e. The van der Waals surface area contributed by atoms with E-state index in [2.05, 4.69) is 49.9 Å². The summed E-state index contributed by atoms with van der Waals surface area (Å²) in [5, 5.41) is 5.45. The van der Waals surface area contributed by atoms with Crippen molar-refractivity contribution in [3.63, 3.8) is 0 Å². The third kappa shape index (κ3) is 9.36. The van der Waals surface area contributed by atoms with E-state index in [1.165, 1.54) is 14.2 Å². The summed E-state index contributed by atoms with van der Waals surface area (Å²) in [5.74, 6) is 1.01. The number of amides is 4. The standard InChI is InChI=1S/C47H49N9O6/c1-61-46(59)53-36(26-30-10-4-3-5-11-30)44(57)55-24-8-13-40(55)42-49-28-38(51-42)33-19-15-31(16-20-33)32-17-21-34(22-18-32)39-29-50-43(52-39)41-14-9-25-56(41)45(58)37(54-47(60)62-2)27-35-12-6-7-23-48-35/h3-7,10-12,15-23,28-29,36-37,40-41H,8-9,13-14,24-27H2,1-2H3,(H,49,51)(H,50,52)(H,53,59)(H,54,60)/t36-,37-,40-,41-/m0/s1. The molecule has 4 N–H and O–H groups in total. The summed E-state index contributed by atoms with van der Waals surface area (Å²) in [6.45, 7) is 1.11. The molecule has 0 bridgehead atoms. The van der Waals surface area contributed by atoms with E-state index in [9.17, 15) is 19.2 Å². The zero-order valence-electron chi connectivity index (χ0n) is 34.6. The number of nitrogens with zero attached hydrogens (tertiary/aromatic N) is 5. The van der Waals surface area contributed by atoms with Gasteiger partial charge in [0, 0.05) is 37.8 Å². The van der Waals surface area contributed by atoms with Crippen molar-refractivity contribution in [2.45, 2.75) is 62.7 Å². The summed E-state index contributed by atoms with van der Waals surface area (Å²) in [6, 6.07) is 29.4. The van der Waals surface area contributed by atoms with Gasteiger partial charge in [0.25, 0.3) is 0 Å². The van der Waals surface area contributed by atoms with Gasteiger partial charge in [-0.1, -0.05) is 84.9 Å². The van der Waals surface area contributed by atoms with Gasteiger partial charge < -0.3 is 39.9 Å². The number of rotatable bonds is 13. The number of hydrogen-bond acceptors (Lipinski definition) is 9. The lowest BCUT2D eigenvalue weighted by Crippen LogP contribution is -2.49. The maximum atomic E-state index is 13.9. The molecule has 0 unspecified atom stereocenters. The van der Waals surface area contributed by atoms with Crippen molar-refractivity contribution in [3.05, 3.63) is 139 Å². The Balaban J connectivity index is 0.913. The van der Waals surface area contributed by atoms with E-state index in [-0.39, 0.29) is 30.3 Å². The number of benzene rings is 3. The molecule has 3 aromatic carbocycles. The number of alkyl carbamates (subject to hydrolysis) is 2. The Hall–Kier alpha value is -7.29. The minimum absolute atomic E-state index is 0.173. The third-order valence-corrected chi connectivity index (χ3v) is 11.6. The highest BCUT2D eigenvalue weighted by atomic mass is 16.5. The number of carbonyl (C=O) groups excluding carboxylic acids is 4. The Kier molecular flexibility index (Phi) is 12.7. The lowest BCUT2D eigenvalue weighted by Gasteiger charge is -2.28. The summed E-state index contributed by atoms with van der Waals surface area (Å²) in [4.78, 5) is 76.5. The third-order valence-electron chi connectivity index (χ3n) is 11.6. The first-order chi connectivity index (χ1) is 30.3. The quantitative estimate of drug-likeness (QED) is 0.0972. The average Bonchev–Trinajstić information content (AvgIpc) is 4.16. The number of carbonyl (C=O) groups is 4. The molecule has 2 fully saturated rings. The van der Waals surface area contributed by atoms with E-state index >= 15 is 0 Å². The summed E-state index contributed by atoms with van der Waals surface area (Å²) >= 11 is 0. The summed E-state index contributed by atoms with van der Waals surface area (Å²) in [6.07, 6.45) is 7.64. The van der Waals surface area contributed by atoms with Crippen LogP contribution in [0, 0.1) is 0 Å². The molecule has 0 aliphatic carbocycles. The molecule has 2 aliphatic heterocycles. The number of hydrogen-bond donors (Lipinski definition) is 4. The zero-order chi connectivity index (χ0) is 43.0. The molecular weight excluding hydrogens is 787 g/mol. The van der Waals surface area contributed by atoms with Crippen LogP contribution in [-0.2, 0) is 31.9 Å². The van der Waals surface area contributed by atoms with Crippen molar-refractivity contribution in [3.8, 4) is 33.6 Å². The van der Waals surface area contributed by atoms with Crippen molar-refractivity contribution in [1.82, 2.24) is 45.4 Å². The Morgan fingerprint density at radius 1 is 0.613 bits per heavy atom. The van der Waals surface area contributed by atoms with Gasteiger partial charge in [0.05, 0.1) is 50.1 Å². The molecule has 15 nitrogen and oxygen atoms in total. The van der Waals surface area contributed by atoms with Crippen molar-refractivity contribution < 1.29 is 28.7 Å². The van der Waals surface area contributed by atoms with Gasteiger partial charge in [0.2, 0.25) is 11.8 Å². The fourth-order valence-corrected chi connectivity index (χ4v) is 8.40. The number of aromatic nitrogens is 5. The van der Waals surface area contributed by atoms with Gasteiger partial charge in [-0.2, -0.15) is 0 Å². The molecule has 15 heteroatoms. The SMILES string of the molecule is COC(=O)N[C@@H](Cc1ccccc1)C(=O)N1CCC[C@H]1c1ncc(-c2ccc(-c3ccc(-c4cnc([C@@H]5CCCN5C(=O)[C@H](Cc5ccccn5)NC(=O)OC)[nH]4)cc3)cc2)[nH]1. The maximum absolute atomic E-state index is 13.9. The number of aromatic amines is 2. The van der Waals surface area contributed by atoms with Crippen LogP contribution in [0.4, 0.5) is 9.59 Å². The van der Waals surface area contributed by atoms with Gasteiger partial charge in [0.15, 0.2) is 0 Å². The molecule has 8 rings (SSSR count). The molecule has 4 amide bonds. The first kappa shape index (κ1) is 41.4. The molecule has 2 saturated heterocycles. The monoisotopic (exact) mass is 835 g/mol. The van der Waals surface area contributed by atoms with E-state index < -0.39 is 24.3 Å². The summed E-state index contributed by atoms with van der Waals surface area (Å²) in [5.41, 5.74) is 7.31. The van der Waals surface area contributed by atoms with E-state index in [1.807, 2.05) is 66.7 Å². The highest BCUT2D eigenvalue weighted by molar-refractivity contribution is 5.87. The largest absolute Gasteiger partial charge is 0.453 e. The Morgan fingerprint density at radius 2 is 1.08 bits per heavy atom. The van der Waals surface area contributed by atoms with Crippen LogP contribution in [0.25, 0.3) is 33.6 Å². The van der Waals surface area contributed by atoms with Crippen LogP contribution in [0.2, 0.25) is 0 Å². The molecule has 0 saturated carbocycles. The minimum atomic E-state index is -0.839. The Labute approximate surface area is 359 Å². The molecule has 318 valence electrons. The normalized spacial score (nSPS) is 17.0. The second-order valence-electron chi connectivity index (χ2n) is 15.5. The first-order valence-electron chi connectivity index (χ1n) is 20.8. The van der Waals surface area contributed by atoms with E-state index in [1.54, 1.807) is 34.5 Å². The highest BCUT2D eigenvalue weighted by Gasteiger charge is 2.38. The average molecular weight is 836 g/mol. The predicted molar refractivity (Wildman–Crippen MR) is 231 cm³/mol. The molecule has 0 spiro atoms. The lowest BCUT2D eigenvalue weighted by molar-refractivity contribution is -0.135. The molecule has 62 heavy (non-hydrogen) atoms. The van der Waals surface area contributed by atoms with Crippen LogP contribution in [0.1, 0.15) is 60.7 Å². The number of methoxy groups -OCH3 is 2. The number of likely N-dealkylation sites (tertiary alicyclic amines) is 2. The zero-order valence-corrected chi connectivity index (χ0v) is 34.6. The molecule has 0 radical (unpaired) electrons. The fourth-order valence-electron chi connectivity index (χ4n) is 8.40. The fraction of sp³-hybridized carbons (Fsp3) is 0.298. The van der Waals surface area contributed by atoms with Crippen molar-refractivity contribution >= 4 is 24.0 Å². The molecular formula is C47H49N9O6. The van der Waals surface area contributed by atoms with E-state index in [0.717, 1.165) is 64.9 Å². The molecule has 3 aromatic heterocycles. The summed E-state index contributed by atoms with van der Waals surface area (Å²) in [7, 11) is 2.56. The van der Waals surface area contributed by atoms with Crippen LogP contribution in [0.5, 0.6) is 0 Å². The van der Waals surface area contributed by atoms with Gasteiger partial charge in [-0.05, 0) is 65.6 Å². The molecule has 2 aliphatic rings. The number of nitrogens with one attached hydrogen (secondary N) is 4. The van der Waals surface area contributed by atoms with E-state index in [4.69, 9.17) is 19.4 Å². The van der Waals surface area contributed by atoms with Gasteiger partial charge in [-0.25, -0.2) is 19.6 Å². The lowest BCUT2D eigenvalue weighted by atomic mass is 10.0. The first-order valence-corrected chi connectivity index (χ1v) is 20.8. The highest BCUT2D eigenvalue weighted by Crippen LogP contribution is 2.35. The van der Waals surface area contributed by atoms with Crippen LogP contribution in [0.15, 0.2) is 116 Å². The number of pyridine rings is 1. The van der Waals surface area contributed by atoms with Crippen molar-refractivity contribution in [1.29, 1.82) is 0 Å². The minimum Gasteiger partial charge on any atom is -0.453 e. The van der Waals surface area contributed by atoms with Gasteiger partial charge in [-0.15, -0.1) is 0 Å². The number of imidazole rings is 2. The molecule has 4 atom stereocenters. The molecule has 6 aromatic rings. The molecule has 5 heterocycles. The van der Waals surface area contributed by atoms with E-state index in [0.29, 0.717) is 36.9 Å². The Morgan fingerprint density at radius 3 is 1.55 bits per heavy atom. The van der Waals surface area contributed by atoms with Gasteiger partial charge >= 0.3 is 12.2 Å². The van der Waals surface area contributed by atoms with Crippen LogP contribution in [0.3, 0.4) is 0 Å². The van der Waals surface area contributed by atoms with Gasteiger partial charge in [-0.3, -0.25) is 14.6 Å². The summed E-state index contributed by atoms with van der Waals surface area (Å²) < 4.78 is 9.67. The number of H-pyrrole nitrogens is 2. The second kappa shape index (κ2) is 19.0. The van der Waals surface area contributed by atoms with Crippen LogP contribution < -0.4 is 10.6 Å². The predicted octanol–water partition coefficient (Wildman–Crippen LogP) is 6.79. The van der Waals surface area contributed by atoms with Crippen molar-refractivity contribution in [2.24, 2.45) is 0 Å². The van der Waals surface area contributed by atoms with Crippen LogP contribution in [-0.4, -0.2) is 98.1 Å². The van der Waals surface area contributed by atoms with Gasteiger partial charge in [0.1, 0.15) is 23.7 Å². The number of ether oxygens (including phenoxy) is 2. The van der Waals surface area contributed by atoms with Crippen LogP contribution >= 0.6 is 0 Å². The maximum Gasteiger partial charge on any atom is 0.407 e. The van der Waals surface area contributed by atoms with Crippen molar-refractivity contribution in [2.75, 3.05) is 27.3 Å². The topological polar surface area (TPSA) is 188 Å². The second-order valence-corrected chi connectivity index (χ2v) is 15.5.